The van der Waals surface area contributed by atoms with Gasteiger partial charge in [-0.3, -0.25) is 0 Å². The Labute approximate surface area is 165 Å². The average Bonchev–Trinajstić information content (AvgIpc) is 3.10. The first-order valence-corrected chi connectivity index (χ1v) is 9.74. The molecule has 0 amide bonds. The smallest absolute Gasteiger partial charge is 0.336 e. The lowest BCUT2D eigenvalue weighted by atomic mass is 9.75. The van der Waals surface area contributed by atoms with Gasteiger partial charge in [-0.25, -0.2) is 4.79 Å². The summed E-state index contributed by atoms with van der Waals surface area (Å²) in [6.07, 6.45) is 5.23. The first kappa shape index (κ1) is 18.1. The van der Waals surface area contributed by atoms with Crippen molar-refractivity contribution in [3.8, 4) is 0 Å². The number of allylic oxidation sites excluding steroid dienone is 2. The summed E-state index contributed by atoms with van der Waals surface area (Å²) in [6, 6.07) is 12.2. The molecule has 0 unspecified atom stereocenters. The number of carboxylic acids is 1. The number of fused-ring (bicyclic) bond motifs is 3. The predicted octanol–water partition coefficient (Wildman–Crippen LogP) is 6.16. The van der Waals surface area contributed by atoms with Gasteiger partial charge < -0.3 is 10.4 Å². The van der Waals surface area contributed by atoms with Crippen LogP contribution in [0.2, 0.25) is 5.02 Å². The summed E-state index contributed by atoms with van der Waals surface area (Å²) in [4.78, 5) is 11.8. The summed E-state index contributed by atoms with van der Waals surface area (Å²) < 4.78 is 0. The van der Waals surface area contributed by atoms with Crippen molar-refractivity contribution in [1.82, 2.24) is 0 Å². The molecular weight excluding hydrogens is 358 g/mol. The molecule has 1 aliphatic carbocycles. The van der Waals surface area contributed by atoms with E-state index in [0.717, 1.165) is 17.7 Å². The van der Waals surface area contributed by atoms with E-state index in [0.29, 0.717) is 10.6 Å². The molecule has 0 spiro atoms. The Morgan fingerprint density at radius 1 is 1.15 bits per heavy atom. The van der Waals surface area contributed by atoms with Crippen molar-refractivity contribution in [1.29, 1.82) is 0 Å². The Balaban J connectivity index is 1.79. The summed E-state index contributed by atoms with van der Waals surface area (Å²) in [6.45, 7) is 6.63. The van der Waals surface area contributed by atoms with Crippen molar-refractivity contribution >= 4 is 23.3 Å². The quantitative estimate of drug-likeness (QED) is 0.612. The van der Waals surface area contributed by atoms with E-state index in [-0.39, 0.29) is 23.3 Å². The van der Waals surface area contributed by atoms with Crippen LogP contribution in [0.3, 0.4) is 0 Å². The molecule has 2 aromatic rings. The van der Waals surface area contributed by atoms with Crippen LogP contribution in [0.5, 0.6) is 0 Å². The van der Waals surface area contributed by atoms with E-state index >= 15 is 0 Å². The fourth-order valence-electron chi connectivity index (χ4n) is 4.38. The van der Waals surface area contributed by atoms with Gasteiger partial charge >= 0.3 is 5.97 Å². The summed E-state index contributed by atoms with van der Waals surface area (Å²) >= 11 is 6.47. The third-order valence-corrected chi connectivity index (χ3v) is 6.15. The Kier molecular flexibility index (Phi) is 4.31. The highest BCUT2D eigenvalue weighted by atomic mass is 35.5. The third-order valence-electron chi connectivity index (χ3n) is 5.84. The lowest BCUT2D eigenvalue weighted by Crippen LogP contribution is -2.30. The Hall–Kier alpha value is -2.26. The van der Waals surface area contributed by atoms with Crippen molar-refractivity contribution in [3.05, 3.63) is 75.8 Å². The molecule has 0 saturated carbocycles. The highest BCUT2D eigenvalue weighted by Crippen LogP contribution is 2.52. The van der Waals surface area contributed by atoms with Gasteiger partial charge in [-0.05, 0) is 46.6 Å². The molecule has 2 aromatic carbocycles. The Morgan fingerprint density at radius 3 is 2.48 bits per heavy atom. The van der Waals surface area contributed by atoms with Gasteiger partial charge in [-0.1, -0.05) is 68.8 Å². The molecule has 1 aliphatic heterocycles. The second-order valence-corrected chi connectivity index (χ2v) is 8.94. The zero-order valence-electron chi connectivity index (χ0n) is 15.8. The minimum atomic E-state index is -0.906. The number of carboxylic acid groups (broad SMARTS) is 1. The van der Waals surface area contributed by atoms with Crippen LogP contribution in [0.15, 0.2) is 48.6 Å². The lowest BCUT2D eigenvalue weighted by molar-refractivity contribution is 0.0695. The molecule has 3 atom stereocenters. The van der Waals surface area contributed by atoms with E-state index in [1.807, 2.05) is 0 Å². The van der Waals surface area contributed by atoms with Gasteiger partial charge in [0.2, 0.25) is 0 Å². The van der Waals surface area contributed by atoms with Crippen LogP contribution >= 0.6 is 11.6 Å². The van der Waals surface area contributed by atoms with Crippen molar-refractivity contribution in [2.45, 2.75) is 44.6 Å². The van der Waals surface area contributed by atoms with Gasteiger partial charge in [0.05, 0.1) is 22.3 Å². The number of hydrogen-bond acceptors (Lipinski definition) is 2. The Morgan fingerprint density at radius 2 is 1.85 bits per heavy atom. The molecule has 27 heavy (non-hydrogen) atoms. The van der Waals surface area contributed by atoms with Crippen LogP contribution in [0, 0.1) is 5.92 Å². The van der Waals surface area contributed by atoms with Crippen molar-refractivity contribution in [3.63, 3.8) is 0 Å². The van der Waals surface area contributed by atoms with Gasteiger partial charge in [0.15, 0.2) is 0 Å². The maximum absolute atomic E-state index is 11.8. The number of benzene rings is 2. The van der Waals surface area contributed by atoms with Crippen molar-refractivity contribution in [2.24, 2.45) is 5.92 Å². The summed E-state index contributed by atoms with van der Waals surface area (Å²) in [5.74, 6) is -0.551. The first-order chi connectivity index (χ1) is 12.8. The van der Waals surface area contributed by atoms with Crippen LogP contribution in [0.1, 0.15) is 66.2 Å². The number of carbonyl (C=O) groups is 1. The van der Waals surface area contributed by atoms with E-state index in [9.17, 15) is 9.90 Å². The molecule has 0 saturated heterocycles. The monoisotopic (exact) mass is 381 g/mol. The van der Waals surface area contributed by atoms with E-state index in [4.69, 9.17) is 11.6 Å². The molecule has 140 valence electrons. The fraction of sp³-hybridized carbons (Fsp3) is 0.348. The maximum atomic E-state index is 11.8. The number of aromatic carboxylic acids is 1. The second-order valence-electron chi connectivity index (χ2n) is 8.54. The second kappa shape index (κ2) is 6.42. The number of anilines is 1. The number of nitrogens with one attached hydrogen (secondary N) is 1. The highest BCUT2D eigenvalue weighted by Gasteiger charge is 2.40. The molecule has 2 aliphatic rings. The van der Waals surface area contributed by atoms with Crippen LogP contribution in [-0.4, -0.2) is 11.1 Å². The number of rotatable bonds is 2. The molecule has 3 nitrogen and oxygen atoms in total. The Bertz CT molecular complexity index is 925. The molecule has 1 heterocycles. The largest absolute Gasteiger partial charge is 0.478 e. The number of hydrogen-bond donors (Lipinski definition) is 2. The van der Waals surface area contributed by atoms with Crippen molar-refractivity contribution in [2.75, 3.05) is 5.32 Å². The minimum absolute atomic E-state index is 0.0679. The minimum Gasteiger partial charge on any atom is -0.478 e. The summed E-state index contributed by atoms with van der Waals surface area (Å²) in [5, 5.41) is 13.8. The molecule has 0 aromatic heterocycles. The topological polar surface area (TPSA) is 49.3 Å². The SMILES string of the molecule is CC(C)(C)c1ccc([C@@H]2Nc3c(Cl)ccc(C(=O)O)c3[C@@H]3C=CC[C@H]32)cc1. The normalized spacial score (nSPS) is 23.5. The van der Waals surface area contributed by atoms with E-state index in [1.165, 1.54) is 11.1 Å². The fourth-order valence-corrected chi connectivity index (χ4v) is 4.60. The van der Waals surface area contributed by atoms with Gasteiger partial charge in [0, 0.05) is 5.92 Å². The van der Waals surface area contributed by atoms with Crippen LogP contribution < -0.4 is 5.32 Å². The van der Waals surface area contributed by atoms with Crippen LogP contribution in [0.4, 0.5) is 5.69 Å². The molecule has 2 N–H and O–H groups in total. The van der Waals surface area contributed by atoms with E-state index in [2.05, 4.69) is 62.5 Å². The lowest BCUT2D eigenvalue weighted by Gasteiger charge is -2.38. The van der Waals surface area contributed by atoms with Gasteiger partial charge in [0.1, 0.15) is 0 Å². The van der Waals surface area contributed by atoms with Gasteiger partial charge in [0.25, 0.3) is 0 Å². The molecule has 4 rings (SSSR count). The zero-order valence-corrected chi connectivity index (χ0v) is 16.5. The predicted molar refractivity (Wildman–Crippen MR) is 110 cm³/mol. The van der Waals surface area contributed by atoms with Gasteiger partial charge in [-0.15, -0.1) is 0 Å². The molecule has 0 fully saturated rings. The summed E-state index contributed by atoms with van der Waals surface area (Å²) in [5.41, 5.74) is 4.54. The molecule has 4 heteroatoms. The third kappa shape index (κ3) is 3.04. The molecule has 0 radical (unpaired) electrons. The average molecular weight is 382 g/mol. The highest BCUT2D eigenvalue weighted by molar-refractivity contribution is 6.33. The standard InChI is InChI=1S/C23H24ClNO2/c1-23(2,3)14-9-7-13(8-10-14)20-16-6-4-5-15(16)19-17(22(26)27)11-12-18(24)21(19)25-20/h4-5,7-12,15-16,20,25H,6H2,1-3H3,(H,26,27)/t15-,16-,20+/m1/s1. The maximum Gasteiger partial charge on any atom is 0.336 e. The van der Waals surface area contributed by atoms with Gasteiger partial charge in [-0.2, -0.15) is 0 Å². The van der Waals surface area contributed by atoms with Crippen LogP contribution in [0.25, 0.3) is 0 Å². The van der Waals surface area contributed by atoms with E-state index < -0.39 is 5.97 Å². The first-order valence-electron chi connectivity index (χ1n) is 9.36. The van der Waals surface area contributed by atoms with E-state index in [1.54, 1.807) is 12.1 Å². The molecular formula is C23H24ClNO2. The van der Waals surface area contributed by atoms with Crippen LogP contribution in [-0.2, 0) is 5.41 Å². The summed E-state index contributed by atoms with van der Waals surface area (Å²) in [7, 11) is 0. The molecule has 0 bridgehead atoms. The number of halogens is 1. The van der Waals surface area contributed by atoms with Crippen molar-refractivity contribution < 1.29 is 9.90 Å². The zero-order chi connectivity index (χ0) is 19.3.